The molecule has 1 saturated heterocycles. The molecule has 1 aliphatic rings. The number of thiocarbonyl (C=S) groups is 1. The average Bonchev–Trinajstić information content (AvgIpc) is 3.61. The Balaban J connectivity index is 1.08. The number of benzene rings is 3. The van der Waals surface area contributed by atoms with E-state index in [9.17, 15) is 18.0 Å². The van der Waals surface area contributed by atoms with E-state index < -0.39 is 6.36 Å². The molecular weight excluding hydrogens is 610 g/mol. The number of amidine groups is 1. The number of ether oxygens (including phenoxy) is 1. The highest BCUT2D eigenvalue weighted by Crippen LogP contribution is 2.30. The molecule has 44 heavy (non-hydrogen) atoms. The van der Waals surface area contributed by atoms with Crippen molar-refractivity contribution in [3.63, 3.8) is 0 Å². The largest absolute Gasteiger partial charge is 0.573 e. The minimum absolute atomic E-state index is 0.00598. The molecule has 1 N–H and O–H groups in total. The molecule has 0 aliphatic carbocycles. The summed E-state index contributed by atoms with van der Waals surface area (Å²) >= 11 is 6.83. The van der Waals surface area contributed by atoms with Crippen molar-refractivity contribution in [1.29, 1.82) is 0 Å². The lowest BCUT2D eigenvalue weighted by Gasteiger charge is -2.19. The fourth-order valence-corrected chi connectivity index (χ4v) is 5.67. The second-order valence-electron chi connectivity index (χ2n) is 10.1. The topological polar surface area (TPSA) is 84.6 Å². The molecule has 1 aliphatic heterocycles. The van der Waals surface area contributed by atoms with Crippen LogP contribution in [0.3, 0.4) is 0 Å². The maximum Gasteiger partial charge on any atom is 0.573 e. The van der Waals surface area contributed by atoms with E-state index >= 15 is 0 Å². The Labute approximate surface area is 262 Å². The summed E-state index contributed by atoms with van der Waals surface area (Å²) in [6.07, 6.45) is -0.527. The van der Waals surface area contributed by atoms with Crippen molar-refractivity contribution >= 4 is 45.9 Å². The van der Waals surface area contributed by atoms with Crippen LogP contribution in [0.5, 0.6) is 5.75 Å². The predicted molar refractivity (Wildman–Crippen MR) is 170 cm³/mol. The van der Waals surface area contributed by atoms with E-state index in [1.165, 1.54) is 52.6 Å². The molecule has 4 aromatic rings. The first kappa shape index (κ1) is 31.2. The molecule has 3 aromatic carbocycles. The molecule has 0 unspecified atom stereocenters. The molecule has 13 heteroatoms. The lowest BCUT2D eigenvalue weighted by molar-refractivity contribution is -0.274. The van der Waals surface area contributed by atoms with Gasteiger partial charge in [0.2, 0.25) is 5.91 Å². The molecule has 1 amide bonds. The van der Waals surface area contributed by atoms with Gasteiger partial charge in [0.25, 0.3) is 0 Å². The van der Waals surface area contributed by atoms with Gasteiger partial charge < -0.3 is 10.1 Å². The number of amides is 1. The third-order valence-corrected chi connectivity index (χ3v) is 7.93. The zero-order chi connectivity index (χ0) is 31.3. The maximum atomic E-state index is 12.6. The number of alkyl halides is 3. The van der Waals surface area contributed by atoms with Crippen molar-refractivity contribution in [1.82, 2.24) is 20.1 Å². The lowest BCUT2D eigenvalue weighted by Crippen LogP contribution is -2.32. The van der Waals surface area contributed by atoms with Crippen LogP contribution in [0, 0.1) is 13.8 Å². The third-order valence-electron chi connectivity index (χ3n) is 6.78. The normalized spacial score (nSPS) is 14.3. The number of hydrogen-bond donors (Lipinski definition) is 1. The van der Waals surface area contributed by atoms with Crippen molar-refractivity contribution in [3.05, 3.63) is 89.7 Å². The van der Waals surface area contributed by atoms with Gasteiger partial charge in [0.1, 0.15) is 12.1 Å². The number of aliphatic imine (C=N–C) groups is 1. The molecule has 5 rings (SSSR count). The zero-order valence-corrected chi connectivity index (χ0v) is 25.6. The second-order valence-corrected chi connectivity index (χ2v) is 11.5. The van der Waals surface area contributed by atoms with Crippen molar-refractivity contribution in [2.45, 2.75) is 39.5 Å². The van der Waals surface area contributed by atoms with E-state index in [0.717, 1.165) is 41.6 Å². The van der Waals surface area contributed by atoms with E-state index in [1.54, 1.807) is 4.90 Å². The first-order valence-electron chi connectivity index (χ1n) is 13.8. The smallest absolute Gasteiger partial charge is 0.406 e. The molecule has 8 nitrogen and oxygen atoms in total. The number of nitrogens with one attached hydrogen (secondary N) is 1. The number of unbranched alkanes of at least 4 members (excludes halogenated alkanes) is 1. The molecule has 1 aromatic heterocycles. The number of carbonyl (C=O) groups is 1. The number of aryl methyl sites for hydroxylation is 3. The number of hydrogen-bond acceptors (Lipinski definition) is 6. The Morgan fingerprint density at radius 1 is 1.07 bits per heavy atom. The highest BCUT2D eigenvalue weighted by Gasteiger charge is 2.32. The van der Waals surface area contributed by atoms with E-state index in [-0.39, 0.29) is 11.7 Å². The highest BCUT2D eigenvalue weighted by atomic mass is 32.2. The van der Waals surface area contributed by atoms with Gasteiger partial charge in [0, 0.05) is 12.1 Å². The lowest BCUT2D eigenvalue weighted by atomic mass is 10.1. The van der Waals surface area contributed by atoms with Gasteiger partial charge in [0.15, 0.2) is 16.1 Å². The summed E-state index contributed by atoms with van der Waals surface area (Å²) in [4.78, 5) is 23.1. The van der Waals surface area contributed by atoms with Crippen molar-refractivity contribution < 1.29 is 22.7 Å². The summed E-state index contributed by atoms with van der Waals surface area (Å²) in [7, 11) is 0. The number of aromatic nitrogens is 3. The van der Waals surface area contributed by atoms with Crippen LogP contribution in [-0.2, 0) is 11.2 Å². The van der Waals surface area contributed by atoms with Crippen LogP contribution in [0.25, 0.3) is 17.1 Å². The predicted octanol–water partition coefficient (Wildman–Crippen LogP) is 6.78. The minimum atomic E-state index is -4.74. The minimum Gasteiger partial charge on any atom is -0.406 e. The highest BCUT2D eigenvalue weighted by molar-refractivity contribution is 8.15. The van der Waals surface area contributed by atoms with Crippen molar-refractivity contribution in [2.24, 2.45) is 4.99 Å². The fourth-order valence-electron chi connectivity index (χ4n) is 4.56. The van der Waals surface area contributed by atoms with Crippen molar-refractivity contribution in [2.75, 3.05) is 17.2 Å². The second kappa shape index (κ2) is 13.6. The summed E-state index contributed by atoms with van der Waals surface area (Å²) in [5.41, 5.74) is 5.47. The number of anilines is 1. The summed E-state index contributed by atoms with van der Waals surface area (Å²) in [5.74, 6) is 0.535. The maximum absolute atomic E-state index is 12.6. The van der Waals surface area contributed by atoms with Crippen LogP contribution in [0.2, 0.25) is 0 Å². The average molecular weight is 639 g/mol. The Bertz CT molecular complexity index is 1670. The molecule has 0 radical (unpaired) electrons. The number of carbonyl (C=O) groups excluding carboxylic acids is 1. The number of thioether (sulfide) groups is 1. The Morgan fingerprint density at radius 2 is 1.82 bits per heavy atom. The van der Waals surface area contributed by atoms with Crippen LogP contribution >= 0.6 is 24.0 Å². The van der Waals surface area contributed by atoms with Crippen LogP contribution in [0.4, 0.5) is 18.9 Å². The molecule has 0 bridgehead atoms. The SMILES string of the molecule is Cc1ccc(C)c(N2C(=O)CS/C2=N\C(=S)NCCCCc2ccc(-c3ncn(-c4ccc(OC(F)(F)F)cc4)n3)cc2)c1. The summed E-state index contributed by atoms with van der Waals surface area (Å²) in [6.45, 7) is 4.64. The van der Waals surface area contributed by atoms with E-state index in [2.05, 4.69) is 25.1 Å². The Kier molecular flexibility index (Phi) is 9.64. The zero-order valence-electron chi connectivity index (χ0n) is 24.0. The van der Waals surface area contributed by atoms with Gasteiger partial charge in [-0.25, -0.2) is 9.67 Å². The van der Waals surface area contributed by atoms with Gasteiger partial charge in [0.05, 0.1) is 17.1 Å². The first-order chi connectivity index (χ1) is 21.1. The third kappa shape index (κ3) is 8.03. The van der Waals surface area contributed by atoms with E-state index in [4.69, 9.17) is 12.2 Å². The molecule has 0 spiro atoms. The fraction of sp³-hybridized carbons (Fsp3) is 0.258. The molecule has 1 fully saturated rings. The van der Waals surface area contributed by atoms with E-state index in [1.807, 2.05) is 56.3 Å². The van der Waals surface area contributed by atoms with E-state index in [0.29, 0.717) is 34.1 Å². The Morgan fingerprint density at radius 3 is 2.55 bits per heavy atom. The number of rotatable bonds is 9. The standard InChI is InChI=1S/C31H29F3N6O2S2/c1-20-6-7-21(2)26(17-20)40-27(41)18-44-30(40)37-29(43)35-16-4-3-5-22-8-10-23(11-9-22)28-36-19-39(38-28)24-12-14-25(15-13-24)42-31(32,33)34/h6-15,17,19H,3-5,16,18H2,1-2H3,(H,35,43)/b37-30-. The van der Waals surface area contributed by atoms with Crippen LogP contribution in [-0.4, -0.2) is 49.6 Å². The Hall–Kier alpha value is -4.23. The van der Waals surface area contributed by atoms with Gasteiger partial charge in [-0.3, -0.25) is 9.69 Å². The van der Waals surface area contributed by atoms with Gasteiger partial charge in [-0.2, -0.15) is 4.99 Å². The summed E-state index contributed by atoms with van der Waals surface area (Å²) < 4.78 is 42.6. The number of halogens is 3. The molecule has 0 saturated carbocycles. The van der Waals surface area contributed by atoms with Crippen molar-refractivity contribution in [3.8, 4) is 22.8 Å². The van der Waals surface area contributed by atoms with Gasteiger partial charge in [-0.15, -0.1) is 18.3 Å². The summed E-state index contributed by atoms with van der Waals surface area (Å²) in [5, 5.41) is 8.58. The van der Waals surface area contributed by atoms with Gasteiger partial charge in [-0.1, -0.05) is 48.2 Å². The van der Waals surface area contributed by atoms with Gasteiger partial charge in [-0.05, 0) is 92.4 Å². The summed E-state index contributed by atoms with van der Waals surface area (Å²) in [6, 6.07) is 19.4. The molecule has 0 atom stereocenters. The molecular formula is C31H29F3N6O2S2. The van der Waals surface area contributed by atoms with Crippen LogP contribution < -0.4 is 15.0 Å². The quantitative estimate of drug-likeness (QED) is 0.160. The first-order valence-corrected chi connectivity index (χ1v) is 15.2. The van der Waals surface area contributed by atoms with Gasteiger partial charge >= 0.3 is 6.36 Å². The van der Waals surface area contributed by atoms with Crippen LogP contribution in [0.1, 0.15) is 29.5 Å². The molecule has 2 heterocycles. The monoisotopic (exact) mass is 638 g/mol. The van der Waals surface area contributed by atoms with Crippen LogP contribution in [0.15, 0.2) is 78.0 Å². The molecule has 228 valence electrons. The number of nitrogens with zero attached hydrogens (tertiary/aromatic N) is 5.